The molecule has 3 aromatic rings. The third-order valence-corrected chi connectivity index (χ3v) is 3.53. The Morgan fingerprint density at radius 3 is 2.68 bits per heavy atom. The Kier molecular flexibility index (Phi) is 3.10. The minimum Gasteiger partial charge on any atom is -0.343 e. The topological polar surface area (TPSA) is 30.9 Å². The number of aryl methyl sites for hydroxylation is 1. The summed E-state index contributed by atoms with van der Waals surface area (Å²) in [5.41, 5.74) is 10.9. The summed E-state index contributed by atoms with van der Waals surface area (Å²) >= 11 is 0. The first-order chi connectivity index (χ1) is 9.28. The van der Waals surface area contributed by atoms with E-state index >= 15 is 0 Å². The molecule has 0 aliphatic rings. The molecule has 0 radical (unpaired) electrons. The van der Waals surface area contributed by atoms with Gasteiger partial charge in [0.25, 0.3) is 0 Å². The third-order valence-electron chi connectivity index (χ3n) is 3.53. The van der Waals surface area contributed by atoms with Crippen LogP contribution in [0.3, 0.4) is 0 Å². The lowest BCUT2D eigenvalue weighted by atomic mass is 10.1. The molecule has 0 aliphatic heterocycles. The van der Waals surface area contributed by atoms with Gasteiger partial charge in [0.15, 0.2) is 0 Å². The van der Waals surface area contributed by atoms with Crippen LogP contribution in [-0.4, -0.2) is 4.57 Å². The summed E-state index contributed by atoms with van der Waals surface area (Å²) in [7, 11) is 0. The van der Waals surface area contributed by atoms with Crippen molar-refractivity contribution < 1.29 is 0 Å². The molecule has 1 heterocycles. The minimum absolute atomic E-state index is 0.579. The van der Waals surface area contributed by atoms with E-state index in [9.17, 15) is 0 Å². The Balaban J connectivity index is 2.06. The number of aromatic nitrogens is 1. The zero-order valence-corrected chi connectivity index (χ0v) is 11.1. The molecule has 0 bridgehead atoms. The van der Waals surface area contributed by atoms with Gasteiger partial charge in [0.1, 0.15) is 0 Å². The van der Waals surface area contributed by atoms with E-state index in [0.29, 0.717) is 6.54 Å². The first-order valence-electron chi connectivity index (χ1n) is 6.60. The molecule has 19 heavy (non-hydrogen) atoms. The van der Waals surface area contributed by atoms with Crippen LogP contribution in [0.2, 0.25) is 0 Å². The van der Waals surface area contributed by atoms with Gasteiger partial charge in [-0.3, -0.25) is 0 Å². The molecule has 2 N–H and O–H groups in total. The Labute approximate surface area is 113 Å². The van der Waals surface area contributed by atoms with Crippen molar-refractivity contribution in [1.82, 2.24) is 4.57 Å². The van der Waals surface area contributed by atoms with E-state index in [2.05, 4.69) is 66.2 Å². The molecule has 2 aromatic carbocycles. The molecular formula is C17H18N2. The van der Waals surface area contributed by atoms with E-state index in [1.165, 1.54) is 27.6 Å². The van der Waals surface area contributed by atoms with Crippen molar-refractivity contribution >= 4 is 10.9 Å². The van der Waals surface area contributed by atoms with Crippen LogP contribution in [0.15, 0.2) is 54.7 Å². The van der Waals surface area contributed by atoms with Gasteiger partial charge in [-0.25, -0.2) is 0 Å². The molecule has 0 unspecified atom stereocenters. The van der Waals surface area contributed by atoms with E-state index in [0.717, 1.165) is 6.54 Å². The fraction of sp³-hybridized carbons (Fsp3) is 0.176. The van der Waals surface area contributed by atoms with Crippen LogP contribution in [0.1, 0.15) is 16.7 Å². The molecule has 0 fully saturated rings. The van der Waals surface area contributed by atoms with Crippen molar-refractivity contribution in [3.05, 3.63) is 71.4 Å². The normalized spacial score (nSPS) is 11.1. The molecule has 1 aromatic heterocycles. The maximum absolute atomic E-state index is 5.85. The molecule has 2 nitrogen and oxygen atoms in total. The SMILES string of the molecule is Cc1cccc(Cn2ccc3cccc(CN)c32)c1. The van der Waals surface area contributed by atoms with Gasteiger partial charge in [0.2, 0.25) is 0 Å². The second-order valence-corrected chi connectivity index (χ2v) is 4.99. The van der Waals surface area contributed by atoms with Crippen molar-refractivity contribution in [2.75, 3.05) is 0 Å². The molecule has 0 aliphatic carbocycles. The van der Waals surface area contributed by atoms with Crippen molar-refractivity contribution in [2.45, 2.75) is 20.0 Å². The van der Waals surface area contributed by atoms with Crippen LogP contribution in [0.4, 0.5) is 0 Å². The van der Waals surface area contributed by atoms with Crippen LogP contribution in [0.5, 0.6) is 0 Å². The number of hydrogen-bond acceptors (Lipinski definition) is 1. The molecule has 96 valence electrons. The molecular weight excluding hydrogens is 232 g/mol. The average Bonchev–Trinajstić information content (AvgIpc) is 2.82. The molecule has 2 heteroatoms. The maximum atomic E-state index is 5.85. The van der Waals surface area contributed by atoms with Gasteiger partial charge >= 0.3 is 0 Å². The molecule has 0 spiro atoms. The van der Waals surface area contributed by atoms with Crippen LogP contribution in [0.25, 0.3) is 10.9 Å². The number of nitrogens with two attached hydrogens (primary N) is 1. The molecule has 0 saturated heterocycles. The highest BCUT2D eigenvalue weighted by Gasteiger charge is 2.06. The van der Waals surface area contributed by atoms with Crippen molar-refractivity contribution in [2.24, 2.45) is 5.73 Å². The lowest BCUT2D eigenvalue weighted by molar-refractivity contribution is 0.829. The second kappa shape index (κ2) is 4.90. The molecule has 0 amide bonds. The lowest BCUT2D eigenvalue weighted by Gasteiger charge is -2.09. The Bertz CT molecular complexity index is 710. The van der Waals surface area contributed by atoms with Gasteiger partial charge in [-0.1, -0.05) is 48.0 Å². The second-order valence-electron chi connectivity index (χ2n) is 4.99. The quantitative estimate of drug-likeness (QED) is 0.758. The van der Waals surface area contributed by atoms with E-state index in [-0.39, 0.29) is 0 Å². The first-order valence-corrected chi connectivity index (χ1v) is 6.60. The number of fused-ring (bicyclic) bond motifs is 1. The van der Waals surface area contributed by atoms with Crippen LogP contribution in [-0.2, 0) is 13.1 Å². The molecule has 3 rings (SSSR count). The van der Waals surface area contributed by atoms with E-state index in [1.54, 1.807) is 0 Å². The fourth-order valence-electron chi connectivity index (χ4n) is 2.64. The minimum atomic E-state index is 0.579. The van der Waals surface area contributed by atoms with E-state index < -0.39 is 0 Å². The Morgan fingerprint density at radius 2 is 1.89 bits per heavy atom. The smallest absolute Gasteiger partial charge is 0.0528 e. The highest BCUT2D eigenvalue weighted by atomic mass is 15.0. The highest BCUT2D eigenvalue weighted by Crippen LogP contribution is 2.21. The summed E-state index contributed by atoms with van der Waals surface area (Å²) in [5.74, 6) is 0. The monoisotopic (exact) mass is 250 g/mol. The summed E-state index contributed by atoms with van der Waals surface area (Å²) < 4.78 is 2.28. The largest absolute Gasteiger partial charge is 0.343 e. The van der Waals surface area contributed by atoms with Gasteiger partial charge in [0.05, 0.1) is 5.52 Å². The number of nitrogens with zero attached hydrogens (tertiary/aromatic N) is 1. The van der Waals surface area contributed by atoms with Gasteiger partial charge in [0, 0.05) is 19.3 Å². The van der Waals surface area contributed by atoms with Crippen LogP contribution >= 0.6 is 0 Å². The predicted octanol–water partition coefficient (Wildman–Crippen LogP) is 3.46. The highest BCUT2D eigenvalue weighted by molar-refractivity contribution is 5.83. The third kappa shape index (κ3) is 2.27. The fourth-order valence-corrected chi connectivity index (χ4v) is 2.64. The molecule has 0 saturated carbocycles. The zero-order valence-electron chi connectivity index (χ0n) is 11.1. The Hall–Kier alpha value is -2.06. The number of rotatable bonds is 3. The van der Waals surface area contributed by atoms with Crippen molar-refractivity contribution in [3.63, 3.8) is 0 Å². The number of para-hydroxylation sites is 1. The summed E-state index contributed by atoms with van der Waals surface area (Å²) in [4.78, 5) is 0. The van der Waals surface area contributed by atoms with Gasteiger partial charge < -0.3 is 10.3 Å². The van der Waals surface area contributed by atoms with Crippen molar-refractivity contribution in [1.29, 1.82) is 0 Å². The Morgan fingerprint density at radius 1 is 1.05 bits per heavy atom. The van der Waals surface area contributed by atoms with Crippen LogP contribution in [0, 0.1) is 6.92 Å². The zero-order chi connectivity index (χ0) is 13.2. The van der Waals surface area contributed by atoms with Crippen molar-refractivity contribution in [3.8, 4) is 0 Å². The summed E-state index contributed by atoms with van der Waals surface area (Å²) in [6.07, 6.45) is 2.14. The van der Waals surface area contributed by atoms with Gasteiger partial charge in [-0.2, -0.15) is 0 Å². The first kappa shape index (κ1) is 12.0. The van der Waals surface area contributed by atoms with Gasteiger partial charge in [-0.05, 0) is 29.5 Å². The maximum Gasteiger partial charge on any atom is 0.0528 e. The summed E-state index contributed by atoms with van der Waals surface area (Å²) in [6, 6.07) is 17.1. The summed E-state index contributed by atoms with van der Waals surface area (Å²) in [6.45, 7) is 3.60. The summed E-state index contributed by atoms with van der Waals surface area (Å²) in [5, 5.41) is 1.26. The average molecular weight is 250 g/mol. The molecule has 0 atom stereocenters. The predicted molar refractivity (Wildman–Crippen MR) is 80.1 cm³/mol. The van der Waals surface area contributed by atoms with E-state index in [1.807, 2.05) is 0 Å². The van der Waals surface area contributed by atoms with Gasteiger partial charge in [-0.15, -0.1) is 0 Å². The lowest BCUT2D eigenvalue weighted by Crippen LogP contribution is -2.03. The standard InChI is InChI=1S/C17H18N2/c1-13-4-2-5-14(10-13)12-19-9-8-15-6-3-7-16(11-18)17(15)19/h2-10H,11-12,18H2,1H3. The number of benzene rings is 2. The van der Waals surface area contributed by atoms with E-state index in [4.69, 9.17) is 5.73 Å². The number of hydrogen-bond donors (Lipinski definition) is 1. The van der Waals surface area contributed by atoms with Crippen LogP contribution < -0.4 is 5.73 Å².